The number of fused-ring (bicyclic) bond motifs is 1. The molecule has 1 unspecified atom stereocenters. The van der Waals surface area contributed by atoms with Crippen LogP contribution < -0.4 is 20.5 Å². The van der Waals surface area contributed by atoms with E-state index in [0.29, 0.717) is 24.4 Å². The summed E-state index contributed by atoms with van der Waals surface area (Å²) in [7, 11) is 0. The average Bonchev–Trinajstić information content (AvgIpc) is 2.93. The summed E-state index contributed by atoms with van der Waals surface area (Å²) in [5.41, 5.74) is 9.91. The van der Waals surface area contributed by atoms with Crippen LogP contribution in [-0.4, -0.2) is 18.6 Å². The number of hydrogen-bond donors (Lipinski definition) is 2. The Morgan fingerprint density at radius 2 is 2.16 bits per heavy atom. The summed E-state index contributed by atoms with van der Waals surface area (Å²) in [4.78, 5) is 12.5. The molecule has 1 aliphatic heterocycles. The molecule has 1 amide bonds. The van der Waals surface area contributed by atoms with E-state index < -0.39 is 0 Å². The van der Waals surface area contributed by atoms with Crippen LogP contribution in [0.25, 0.3) is 0 Å². The molecule has 3 N–H and O–H groups in total. The second-order valence-corrected chi connectivity index (χ2v) is 6.39. The molecule has 5 nitrogen and oxygen atoms in total. The molecule has 0 fully saturated rings. The summed E-state index contributed by atoms with van der Waals surface area (Å²) in [5, 5.41) is 2.95. The number of anilines is 1. The third-order valence-corrected chi connectivity index (χ3v) is 4.32. The number of amides is 1. The number of benzene rings is 2. The predicted octanol–water partition coefficient (Wildman–Crippen LogP) is 3.23. The van der Waals surface area contributed by atoms with Crippen LogP contribution in [0.4, 0.5) is 5.69 Å². The van der Waals surface area contributed by atoms with Crippen molar-refractivity contribution >= 4 is 11.6 Å². The van der Waals surface area contributed by atoms with Crippen LogP contribution in [0.3, 0.4) is 0 Å². The second kappa shape index (κ2) is 7.05. The van der Waals surface area contributed by atoms with Crippen LogP contribution in [0.5, 0.6) is 11.5 Å². The molecule has 0 bridgehead atoms. The Morgan fingerprint density at radius 1 is 1.36 bits per heavy atom. The molecule has 2 aromatic rings. The normalized spacial score (nSPS) is 15.4. The van der Waals surface area contributed by atoms with Crippen molar-refractivity contribution in [1.82, 2.24) is 5.32 Å². The van der Waals surface area contributed by atoms with E-state index >= 15 is 0 Å². The third-order valence-electron chi connectivity index (χ3n) is 4.32. The topological polar surface area (TPSA) is 73.6 Å². The highest BCUT2D eigenvalue weighted by molar-refractivity contribution is 5.96. The van der Waals surface area contributed by atoms with Crippen LogP contribution >= 0.6 is 0 Å². The first-order valence-corrected chi connectivity index (χ1v) is 8.57. The Bertz CT molecular complexity index is 802. The molecule has 3 rings (SSSR count). The van der Waals surface area contributed by atoms with Crippen LogP contribution in [-0.2, 0) is 13.0 Å². The van der Waals surface area contributed by atoms with Crippen molar-refractivity contribution in [2.24, 2.45) is 0 Å². The minimum Gasteiger partial charge on any atom is -0.494 e. The predicted molar refractivity (Wildman–Crippen MR) is 98.2 cm³/mol. The van der Waals surface area contributed by atoms with Gasteiger partial charge in [-0.1, -0.05) is 6.07 Å². The zero-order valence-electron chi connectivity index (χ0n) is 14.9. The van der Waals surface area contributed by atoms with Gasteiger partial charge in [-0.05, 0) is 50.6 Å². The first-order chi connectivity index (χ1) is 12.0. The van der Waals surface area contributed by atoms with Crippen LogP contribution in [0.15, 0.2) is 30.3 Å². The van der Waals surface area contributed by atoms with E-state index in [2.05, 4.69) is 5.32 Å². The van der Waals surface area contributed by atoms with Gasteiger partial charge in [0.05, 0.1) is 6.61 Å². The van der Waals surface area contributed by atoms with E-state index in [4.69, 9.17) is 15.2 Å². The highest BCUT2D eigenvalue weighted by Gasteiger charge is 2.22. The SMILES string of the molecule is CCOc1cc2c(cc1CNC(=O)c1cc(N)ccc1C)OC(C)C2. The highest BCUT2D eigenvalue weighted by atomic mass is 16.5. The van der Waals surface area contributed by atoms with Crippen molar-refractivity contribution in [3.63, 3.8) is 0 Å². The number of carbonyl (C=O) groups excluding carboxylic acids is 1. The molecule has 5 heteroatoms. The number of nitrogens with one attached hydrogen (secondary N) is 1. The largest absolute Gasteiger partial charge is 0.494 e. The van der Waals surface area contributed by atoms with Crippen molar-refractivity contribution in [2.45, 2.75) is 39.8 Å². The molecule has 0 aliphatic carbocycles. The zero-order chi connectivity index (χ0) is 18.0. The lowest BCUT2D eigenvalue weighted by atomic mass is 10.1. The van der Waals surface area contributed by atoms with Gasteiger partial charge in [0.25, 0.3) is 5.91 Å². The third kappa shape index (κ3) is 3.71. The Balaban J connectivity index is 1.79. The maximum absolute atomic E-state index is 12.5. The van der Waals surface area contributed by atoms with Crippen LogP contribution in [0, 0.1) is 6.92 Å². The van der Waals surface area contributed by atoms with Crippen molar-refractivity contribution in [1.29, 1.82) is 0 Å². The average molecular weight is 340 g/mol. The van der Waals surface area contributed by atoms with Gasteiger partial charge < -0.3 is 20.5 Å². The fourth-order valence-electron chi connectivity index (χ4n) is 3.06. The molecule has 0 spiro atoms. The van der Waals surface area contributed by atoms with Gasteiger partial charge in [0.1, 0.15) is 17.6 Å². The van der Waals surface area contributed by atoms with Crippen LogP contribution in [0.2, 0.25) is 0 Å². The molecule has 25 heavy (non-hydrogen) atoms. The molecular weight excluding hydrogens is 316 g/mol. The van der Waals surface area contributed by atoms with Gasteiger partial charge in [-0.15, -0.1) is 0 Å². The lowest BCUT2D eigenvalue weighted by molar-refractivity contribution is 0.0950. The molecular formula is C20H24N2O3. The summed E-state index contributed by atoms with van der Waals surface area (Å²) in [6.45, 7) is 6.83. The minimum absolute atomic E-state index is 0.151. The summed E-state index contributed by atoms with van der Waals surface area (Å²) in [5.74, 6) is 1.52. The quantitative estimate of drug-likeness (QED) is 0.820. The number of nitrogens with two attached hydrogens (primary N) is 1. The standard InChI is InChI=1S/C20H24N2O3/c1-4-24-18-8-14-7-13(3)25-19(14)9-15(18)11-22-20(23)17-10-16(21)6-5-12(17)2/h5-6,8-10,13H,4,7,11,21H2,1-3H3,(H,22,23). The molecule has 132 valence electrons. The van der Waals surface area contributed by atoms with Gasteiger partial charge in [0.2, 0.25) is 0 Å². The molecule has 1 heterocycles. The molecule has 0 aromatic heterocycles. The fourth-order valence-corrected chi connectivity index (χ4v) is 3.06. The summed E-state index contributed by atoms with van der Waals surface area (Å²) in [6.07, 6.45) is 1.05. The lowest BCUT2D eigenvalue weighted by Crippen LogP contribution is -2.24. The Hall–Kier alpha value is -2.69. The molecule has 0 radical (unpaired) electrons. The molecule has 0 saturated heterocycles. The number of aryl methyl sites for hydroxylation is 1. The molecule has 2 aromatic carbocycles. The van der Waals surface area contributed by atoms with E-state index in [1.54, 1.807) is 12.1 Å². The molecule has 1 atom stereocenters. The van der Waals surface area contributed by atoms with Gasteiger partial charge in [0, 0.05) is 35.3 Å². The number of rotatable bonds is 5. The van der Waals surface area contributed by atoms with Gasteiger partial charge in [0.15, 0.2) is 0 Å². The van der Waals surface area contributed by atoms with E-state index in [0.717, 1.165) is 34.6 Å². The van der Waals surface area contributed by atoms with Gasteiger partial charge in [-0.25, -0.2) is 0 Å². The number of ether oxygens (including phenoxy) is 2. The number of nitrogen functional groups attached to an aromatic ring is 1. The number of hydrogen-bond acceptors (Lipinski definition) is 4. The first kappa shape index (κ1) is 17.1. The zero-order valence-corrected chi connectivity index (χ0v) is 14.9. The van der Waals surface area contributed by atoms with Gasteiger partial charge >= 0.3 is 0 Å². The van der Waals surface area contributed by atoms with E-state index in [1.165, 1.54) is 0 Å². The first-order valence-electron chi connectivity index (χ1n) is 8.57. The van der Waals surface area contributed by atoms with Gasteiger partial charge in [-0.3, -0.25) is 4.79 Å². The second-order valence-electron chi connectivity index (χ2n) is 6.39. The molecule has 1 aliphatic rings. The van der Waals surface area contributed by atoms with Crippen molar-refractivity contribution < 1.29 is 14.3 Å². The summed E-state index contributed by atoms with van der Waals surface area (Å²) in [6, 6.07) is 9.33. The van der Waals surface area contributed by atoms with E-state index in [1.807, 2.05) is 39.0 Å². The minimum atomic E-state index is -0.151. The van der Waals surface area contributed by atoms with Gasteiger partial charge in [-0.2, -0.15) is 0 Å². The van der Waals surface area contributed by atoms with Crippen LogP contribution in [0.1, 0.15) is 40.9 Å². The smallest absolute Gasteiger partial charge is 0.251 e. The van der Waals surface area contributed by atoms with Crippen molar-refractivity contribution in [3.8, 4) is 11.5 Å². The molecule has 0 saturated carbocycles. The Kier molecular flexibility index (Phi) is 4.83. The highest BCUT2D eigenvalue weighted by Crippen LogP contribution is 2.35. The maximum atomic E-state index is 12.5. The van der Waals surface area contributed by atoms with E-state index in [9.17, 15) is 4.79 Å². The lowest BCUT2D eigenvalue weighted by Gasteiger charge is -2.14. The maximum Gasteiger partial charge on any atom is 0.251 e. The summed E-state index contributed by atoms with van der Waals surface area (Å²) >= 11 is 0. The fraction of sp³-hybridized carbons (Fsp3) is 0.350. The van der Waals surface area contributed by atoms with E-state index in [-0.39, 0.29) is 12.0 Å². The van der Waals surface area contributed by atoms with Crippen molar-refractivity contribution in [2.75, 3.05) is 12.3 Å². The number of carbonyl (C=O) groups is 1. The monoisotopic (exact) mass is 340 g/mol. The summed E-state index contributed by atoms with van der Waals surface area (Å²) < 4.78 is 11.6. The Labute approximate surface area is 148 Å². The van der Waals surface area contributed by atoms with Crippen molar-refractivity contribution in [3.05, 3.63) is 52.6 Å². The Morgan fingerprint density at radius 3 is 2.92 bits per heavy atom.